The van der Waals surface area contributed by atoms with E-state index in [1.807, 2.05) is 30.3 Å². The third kappa shape index (κ3) is 2.21. The molecule has 2 aliphatic heterocycles. The maximum atomic E-state index is 12.4. The van der Waals surface area contributed by atoms with Gasteiger partial charge in [0.2, 0.25) is 11.8 Å². The fourth-order valence-corrected chi connectivity index (χ4v) is 2.88. The van der Waals surface area contributed by atoms with E-state index in [4.69, 9.17) is 5.73 Å². The Morgan fingerprint density at radius 2 is 2.00 bits per heavy atom. The van der Waals surface area contributed by atoms with Crippen LogP contribution in [0.2, 0.25) is 0 Å². The monoisotopic (exact) mass is 259 g/mol. The van der Waals surface area contributed by atoms with Crippen LogP contribution < -0.4 is 11.1 Å². The van der Waals surface area contributed by atoms with Gasteiger partial charge in [-0.25, -0.2) is 0 Å². The molecule has 3 rings (SSSR count). The molecule has 3 N–H and O–H groups in total. The number of piperazine rings is 1. The zero-order valence-electron chi connectivity index (χ0n) is 10.6. The normalized spacial score (nSPS) is 30.2. The quantitative estimate of drug-likeness (QED) is 0.762. The van der Waals surface area contributed by atoms with E-state index in [-0.39, 0.29) is 23.9 Å². The number of hydrogen-bond acceptors (Lipinski definition) is 3. The fraction of sp³-hybridized carbons (Fsp3) is 0.429. The second-order valence-corrected chi connectivity index (χ2v) is 5.25. The molecule has 100 valence electrons. The number of nitrogens with one attached hydrogen (secondary N) is 1. The molecule has 0 spiro atoms. The summed E-state index contributed by atoms with van der Waals surface area (Å²) in [7, 11) is 0. The van der Waals surface area contributed by atoms with E-state index >= 15 is 0 Å². The van der Waals surface area contributed by atoms with Gasteiger partial charge in [-0.1, -0.05) is 30.3 Å². The number of carbonyl (C=O) groups is 2. The molecule has 2 saturated heterocycles. The second kappa shape index (κ2) is 4.66. The van der Waals surface area contributed by atoms with Crippen LogP contribution in [0.5, 0.6) is 0 Å². The Hall–Kier alpha value is -1.88. The Morgan fingerprint density at radius 3 is 2.74 bits per heavy atom. The van der Waals surface area contributed by atoms with Crippen LogP contribution in [0, 0.1) is 0 Å². The lowest BCUT2D eigenvalue weighted by Crippen LogP contribution is -2.61. The highest BCUT2D eigenvalue weighted by molar-refractivity contribution is 5.97. The molecule has 5 nitrogen and oxygen atoms in total. The molecule has 1 aromatic carbocycles. The highest BCUT2D eigenvalue weighted by Crippen LogP contribution is 2.22. The minimum absolute atomic E-state index is 0.0126. The molecule has 0 saturated carbocycles. The van der Waals surface area contributed by atoms with Crippen molar-refractivity contribution in [3.8, 4) is 0 Å². The van der Waals surface area contributed by atoms with Crippen LogP contribution in [0.15, 0.2) is 30.3 Å². The highest BCUT2D eigenvalue weighted by atomic mass is 16.2. The van der Waals surface area contributed by atoms with Crippen molar-refractivity contribution in [2.45, 2.75) is 31.0 Å². The summed E-state index contributed by atoms with van der Waals surface area (Å²) in [5.41, 5.74) is 6.89. The lowest BCUT2D eigenvalue weighted by Gasteiger charge is -2.34. The van der Waals surface area contributed by atoms with Crippen molar-refractivity contribution in [2.75, 3.05) is 6.54 Å². The van der Waals surface area contributed by atoms with Crippen molar-refractivity contribution < 1.29 is 9.59 Å². The predicted octanol–water partition coefficient (Wildman–Crippen LogP) is -0.344. The summed E-state index contributed by atoms with van der Waals surface area (Å²) in [6.07, 6.45) is 1.10. The Bertz CT molecular complexity index is 503. The van der Waals surface area contributed by atoms with Gasteiger partial charge < -0.3 is 16.0 Å². The first-order valence-corrected chi connectivity index (χ1v) is 6.55. The van der Waals surface area contributed by atoms with Crippen molar-refractivity contribution in [3.63, 3.8) is 0 Å². The van der Waals surface area contributed by atoms with E-state index in [0.29, 0.717) is 19.4 Å². The summed E-state index contributed by atoms with van der Waals surface area (Å²) in [6, 6.07) is 8.79. The first-order chi connectivity index (χ1) is 9.15. The first-order valence-electron chi connectivity index (χ1n) is 6.55. The van der Waals surface area contributed by atoms with Gasteiger partial charge in [-0.3, -0.25) is 9.59 Å². The molecule has 2 aliphatic rings. The number of nitrogens with two attached hydrogens (primary N) is 1. The van der Waals surface area contributed by atoms with Crippen molar-refractivity contribution in [2.24, 2.45) is 5.73 Å². The topological polar surface area (TPSA) is 75.4 Å². The molecule has 19 heavy (non-hydrogen) atoms. The first kappa shape index (κ1) is 12.2. The van der Waals surface area contributed by atoms with Crippen LogP contribution >= 0.6 is 0 Å². The molecule has 0 bridgehead atoms. The number of benzene rings is 1. The molecular formula is C14H17N3O2. The summed E-state index contributed by atoms with van der Waals surface area (Å²) in [5.74, 6) is -0.0881. The third-order valence-corrected chi connectivity index (χ3v) is 3.82. The van der Waals surface area contributed by atoms with Gasteiger partial charge in [0.25, 0.3) is 0 Å². The van der Waals surface area contributed by atoms with Gasteiger partial charge in [-0.15, -0.1) is 0 Å². The van der Waals surface area contributed by atoms with Gasteiger partial charge in [0.15, 0.2) is 0 Å². The maximum absolute atomic E-state index is 12.4. The van der Waals surface area contributed by atoms with Crippen molar-refractivity contribution in [3.05, 3.63) is 35.9 Å². The van der Waals surface area contributed by atoms with Gasteiger partial charge in [-0.05, 0) is 12.0 Å². The third-order valence-electron chi connectivity index (χ3n) is 3.82. The largest absolute Gasteiger partial charge is 0.342 e. The Balaban J connectivity index is 1.77. The molecule has 0 aromatic heterocycles. The van der Waals surface area contributed by atoms with Gasteiger partial charge in [0, 0.05) is 19.0 Å². The molecule has 3 unspecified atom stereocenters. The average Bonchev–Trinajstić information content (AvgIpc) is 2.80. The molecule has 5 heteroatoms. The summed E-state index contributed by atoms with van der Waals surface area (Å²) < 4.78 is 0. The lowest BCUT2D eigenvalue weighted by molar-refractivity contribution is -0.146. The van der Waals surface area contributed by atoms with Crippen LogP contribution in [0.3, 0.4) is 0 Å². The van der Waals surface area contributed by atoms with Crippen LogP contribution in [-0.4, -0.2) is 41.4 Å². The molecule has 2 heterocycles. The number of nitrogens with zero attached hydrogens (tertiary/aromatic N) is 1. The van der Waals surface area contributed by atoms with Crippen LogP contribution in [0.1, 0.15) is 12.0 Å². The molecule has 0 aliphatic carbocycles. The van der Waals surface area contributed by atoms with E-state index in [1.54, 1.807) is 4.90 Å². The lowest BCUT2D eigenvalue weighted by atomic mass is 10.0. The van der Waals surface area contributed by atoms with Crippen LogP contribution in [-0.2, 0) is 16.0 Å². The number of amides is 2. The van der Waals surface area contributed by atoms with E-state index in [1.165, 1.54) is 0 Å². The van der Waals surface area contributed by atoms with Crippen molar-refractivity contribution >= 4 is 11.8 Å². The Morgan fingerprint density at radius 1 is 1.26 bits per heavy atom. The minimum Gasteiger partial charge on any atom is -0.342 e. The van der Waals surface area contributed by atoms with E-state index in [2.05, 4.69) is 5.32 Å². The van der Waals surface area contributed by atoms with Gasteiger partial charge in [-0.2, -0.15) is 0 Å². The maximum Gasteiger partial charge on any atom is 0.246 e. The highest BCUT2D eigenvalue weighted by Gasteiger charge is 2.45. The smallest absolute Gasteiger partial charge is 0.246 e. The van der Waals surface area contributed by atoms with Crippen molar-refractivity contribution in [1.29, 1.82) is 0 Å². The Kier molecular flexibility index (Phi) is 2.98. The van der Waals surface area contributed by atoms with E-state index in [9.17, 15) is 9.59 Å². The van der Waals surface area contributed by atoms with Crippen LogP contribution in [0.4, 0.5) is 0 Å². The zero-order chi connectivity index (χ0) is 13.4. The van der Waals surface area contributed by atoms with Crippen LogP contribution in [0.25, 0.3) is 0 Å². The van der Waals surface area contributed by atoms with E-state index < -0.39 is 6.04 Å². The van der Waals surface area contributed by atoms with Gasteiger partial charge in [0.05, 0.1) is 0 Å². The fourth-order valence-electron chi connectivity index (χ4n) is 2.88. The summed E-state index contributed by atoms with van der Waals surface area (Å²) in [6.45, 7) is 0.488. The zero-order valence-corrected chi connectivity index (χ0v) is 10.6. The van der Waals surface area contributed by atoms with Gasteiger partial charge in [0.1, 0.15) is 12.1 Å². The molecule has 2 fully saturated rings. The molecule has 3 atom stereocenters. The summed E-state index contributed by atoms with van der Waals surface area (Å²) in [5, 5.41) is 2.82. The molecule has 2 amide bonds. The average molecular weight is 259 g/mol. The molecule has 1 aromatic rings. The number of fused-ring (bicyclic) bond motifs is 1. The standard InChI is InChI=1S/C14H17N3O2/c15-10-7-12-13(18)16-11(14(19)17(12)8-10)6-9-4-2-1-3-5-9/h1-5,10-12H,6-8,15H2,(H,16,18). The SMILES string of the molecule is NC1CC2C(=O)NC(Cc3ccccc3)C(=O)N2C1. The molecule has 0 radical (unpaired) electrons. The predicted molar refractivity (Wildman–Crippen MR) is 70.2 cm³/mol. The van der Waals surface area contributed by atoms with Crippen molar-refractivity contribution in [1.82, 2.24) is 10.2 Å². The summed E-state index contributed by atoms with van der Waals surface area (Å²) in [4.78, 5) is 26.0. The van der Waals surface area contributed by atoms with Gasteiger partial charge >= 0.3 is 0 Å². The number of rotatable bonds is 2. The van der Waals surface area contributed by atoms with E-state index in [0.717, 1.165) is 5.56 Å². The summed E-state index contributed by atoms with van der Waals surface area (Å²) >= 11 is 0. The number of hydrogen-bond donors (Lipinski definition) is 2. The Labute approximate surface area is 111 Å². The second-order valence-electron chi connectivity index (χ2n) is 5.25. The molecular weight excluding hydrogens is 242 g/mol. The minimum atomic E-state index is -0.462. The number of carbonyl (C=O) groups excluding carboxylic acids is 2.